The molecule has 4 rings (SSSR count). The van der Waals surface area contributed by atoms with E-state index < -0.39 is 0 Å². The van der Waals surface area contributed by atoms with Crippen LogP contribution in [0.5, 0.6) is 0 Å². The number of nitrogens with one attached hydrogen (secondary N) is 1. The molecule has 28 heavy (non-hydrogen) atoms. The molecule has 0 radical (unpaired) electrons. The van der Waals surface area contributed by atoms with Crippen molar-refractivity contribution in [2.45, 2.75) is 0 Å². The standard InChI is InChI=1S/C21H21ClN4OS/c1-25-10-12-26(13-11-25)18-7-6-15(22)14-17(18)23-20(27)8-9-21-24-16-4-2-3-5-19(16)28-21/h2-9,14H,10-13H2,1H3,(H,23,27)/b9-8+. The van der Waals surface area contributed by atoms with Gasteiger partial charge in [-0.2, -0.15) is 0 Å². The average Bonchev–Trinajstić information content (AvgIpc) is 3.11. The lowest BCUT2D eigenvalue weighted by Crippen LogP contribution is -2.44. The minimum Gasteiger partial charge on any atom is -0.367 e. The molecule has 2 aromatic carbocycles. The van der Waals surface area contributed by atoms with Crippen LogP contribution in [0.15, 0.2) is 48.5 Å². The first-order valence-corrected chi connectivity index (χ1v) is 10.4. The molecule has 0 spiro atoms. The number of thiazole rings is 1. The minimum atomic E-state index is -0.197. The van der Waals surface area contributed by atoms with Gasteiger partial charge in [0.1, 0.15) is 5.01 Å². The molecule has 5 nitrogen and oxygen atoms in total. The first-order chi connectivity index (χ1) is 13.6. The third-order valence-electron chi connectivity index (χ3n) is 4.75. The van der Waals surface area contributed by atoms with E-state index in [0.717, 1.165) is 52.8 Å². The predicted molar refractivity (Wildman–Crippen MR) is 118 cm³/mol. The number of benzene rings is 2. The SMILES string of the molecule is CN1CCN(c2ccc(Cl)cc2NC(=O)/C=C/c2nc3ccccc3s2)CC1. The number of halogens is 1. The summed E-state index contributed by atoms with van der Waals surface area (Å²) in [5.41, 5.74) is 2.68. The van der Waals surface area contributed by atoms with Gasteiger partial charge in [-0.3, -0.25) is 4.79 Å². The fourth-order valence-corrected chi connectivity index (χ4v) is 4.26. The third-order valence-corrected chi connectivity index (χ3v) is 5.98. The van der Waals surface area contributed by atoms with Gasteiger partial charge in [-0.1, -0.05) is 23.7 Å². The number of hydrogen-bond donors (Lipinski definition) is 1. The largest absolute Gasteiger partial charge is 0.367 e. The van der Waals surface area contributed by atoms with Crippen LogP contribution in [0.2, 0.25) is 5.02 Å². The van der Waals surface area contributed by atoms with E-state index in [4.69, 9.17) is 11.6 Å². The minimum absolute atomic E-state index is 0.197. The monoisotopic (exact) mass is 412 g/mol. The second-order valence-electron chi connectivity index (χ2n) is 6.79. The zero-order valence-corrected chi connectivity index (χ0v) is 17.1. The summed E-state index contributed by atoms with van der Waals surface area (Å²) in [4.78, 5) is 21.6. The number of likely N-dealkylation sites (N-methyl/N-ethyl adjacent to an activating group) is 1. The van der Waals surface area contributed by atoms with Gasteiger partial charge in [0.15, 0.2) is 0 Å². The highest BCUT2D eigenvalue weighted by molar-refractivity contribution is 7.19. The summed E-state index contributed by atoms with van der Waals surface area (Å²) in [6.07, 6.45) is 3.27. The van der Waals surface area contributed by atoms with Crippen LogP contribution in [-0.4, -0.2) is 49.0 Å². The van der Waals surface area contributed by atoms with Gasteiger partial charge in [0.2, 0.25) is 5.91 Å². The van der Waals surface area contributed by atoms with Gasteiger partial charge in [0, 0.05) is 37.3 Å². The van der Waals surface area contributed by atoms with E-state index in [2.05, 4.69) is 27.1 Å². The first kappa shape index (κ1) is 18.9. The lowest BCUT2D eigenvalue weighted by Gasteiger charge is -2.35. The number of amides is 1. The number of aromatic nitrogens is 1. The maximum absolute atomic E-state index is 12.5. The van der Waals surface area contributed by atoms with Crippen LogP contribution < -0.4 is 10.2 Å². The maximum Gasteiger partial charge on any atom is 0.248 e. The number of anilines is 2. The number of carbonyl (C=O) groups is 1. The Hall–Kier alpha value is -2.41. The van der Waals surface area contributed by atoms with E-state index in [1.807, 2.05) is 36.4 Å². The van der Waals surface area contributed by atoms with E-state index >= 15 is 0 Å². The predicted octanol–water partition coefficient (Wildman–Crippen LogP) is 4.35. The molecule has 1 amide bonds. The molecular weight excluding hydrogens is 392 g/mol. The molecule has 3 aromatic rings. The van der Waals surface area contributed by atoms with Crippen molar-refractivity contribution in [1.29, 1.82) is 0 Å². The van der Waals surface area contributed by atoms with Crippen molar-refractivity contribution in [3.05, 3.63) is 58.6 Å². The van der Waals surface area contributed by atoms with Crippen molar-refractivity contribution in [2.75, 3.05) is 43.4 Å². The summed E-state index contributed by atoms with van der Waals surface area (Å²) in [6, 6.07) is 13.6. The molecule has 1 saturated heterocycles. The van der Waals surface area contributed by atoms with Crippen molar-refractivity contribution >= 4 is 56.5 Å². The molecule has 0 bridgehead atoms. The summed E-state index contributed by atoms with van der Waals surface area (Å²) < 4.78 is 1.11. The molecule has 0 saturated carbocycles. The van der Waals surface area contributed by atoms with Crippen molar-refractivity contribution in [1.82, 2.24) is 9.88 Å². The molecule has 1 aromatic heterocycles. The summed E-state index contributed by atoms with van der Waals surface area (Å²) in [7, 11) is 2.12. The summed E-state index contributed by atoms with van der Waals surface area (Å²) in [5, 5.41) is 4.38. The lowest BCUT2D eigenvalue weighted by molar-refractivity contribution is -0.111. The first-order valence-electron chi connectivity index (χ1n) is 9.16. The van der Waals surface area contributed by atoms with Crippen LogP contribution in [0, 0.1) is 0 Å². The number of hydrogen-bond acceptors (Lipinski definition) is 5. The molecule has 0 unspecified atom stereocenters. The zero-order chi connectivity index (χ0) is 19.5. The van der Waals surface area contributed by atoms with E-state index in [9.17, 15) is 4.79 Å². The summed E-state index contributed by atoms with van der Waals surface area (Å²) in [5.74, 6) is -0.197. The molecule has 0 atom stereocenters. The van der Waals surface area contributed by atoms with Crippen molar-refractivity contribution < 1.29 is 4.79 Å². The molecule has 1 aliphatic heterocycles. The third kappa shape index (κ3) is 4.35. The molecule has 144 valence electrons. The van der Waals surface area contributed by atoms with Gasteiger partial charge in [0.05, 0.1) is 21.6 Å². The van der Waals surface area contributed by atoms with Crippen LogP contribution in [-0.2, 0) is 4.79 Å². The molecule has 2 heterocycles. The van der Waals surface area contributed by atoms with Crippen LogP contribution >= 0.6 is 22.9 Å². The van der Waals surface area contributed by atoms with Crippen molar-refractivity contribution in [3.8, 4) is 0 Å². The highest BCUT2D eigenvalue weighted by atomic mass is 35.5. The Kier molecular flexibility index (Phi) is 5.62. The van der Waals surface area contributed by atoms with Crippen LogP contribution in [0.25, 0.3) is 16.3 Å². The average molecular weight is 413 g/mol. The van der Waals surface area contributed by atoms with E-state index in [1.54, 1.807) is 23.5 Å². The molecule has 1 N–H and O–H groups in total. The number of nitrogens with zero attached hydrogens (tertiary/aromatic N) is 3. The van der Waals surface area contributed by atoms with Gasteiger partial charge in [0.25, 0.3) is 0 Å². The number of piperazine rings is 1. The van der Waals surface area contributed by atoms with Crippen LogP contribution in [0.3, 0.4) is 0 Å². The Balaban J connectivity index is 1.49. The Bertz CT molecular complexity index is 991. The number of rotatable bonds is 4. The molecule has 1 fully saturated rings. The van der Waals surface area contributed by atoms with Crippen molar-refractivity contribution in [2.24, 2.45) is 0 Å². The molecule has 0 aliphatic carbocycles. The quantitative estimate of drug-likeness (QED) is 0.647. The highest BCUT2D eigenvalue weighted by Gasteiger charge is 2.18. The molecule has 1 aliphatic rings. The Morgan fingerprint density at radius 3 is 2.75 bits per heavy atom. The zero-order valence-electron chi connectivity index (χ0n) is 15.6. The van der Waals surface area contributed by atoms with Crippen LogP contribution in [0.1, 0.15) is 5.01 Å². The van der Waals surface area contributed by atoms with Gasteiger partial charge >= 0.3 is 0 Å². The van der Waals surface area contributed by atoms with E-state index in [-0.39, 0.29) is 5.91 Å². The number of fused-ring (bicyclic) bond motifs is 1. The topological polar surface area (TPSA) is 48.5 Å². The molecular formula is C21H21ClN4OS. The number of para-hydroxylation sites is 1. The Labute approximate surface area is 173 Å². The fraction of sp³-hybridized carbons (Fsp3) is 0.238. The fourth-order valence-electron chi connectivity index (χ4n) is 3.21. The van der Waals surface area contributed by atoms with E-state index in [0.29, 0.717) is 5.02 Å². The normalized spacial score (nSPS) is 15.4. The summed E-state index contributed by atoms with van der Waals surface area (Å²) in [6.45, 7) is 3.83. The molecule has 7 heteroatoms. The van der Waals surface area contributed by atoms with Gasteiger partial charge in [-0.25, -0.2) is 4.98 Å². The van der Waals surface area contributed by atoms with E-state index in [1.165, 1.54) is 6.08 Å². The van der Waals surface area contributed by atoms with Gasteiger partial charge in [-0.05, 0) is 43.5 Å². The maximum atomic E-state index is 12.5. The Morgan fingerprint density at radius 1 is 1.18 bits per heavy atom. The number of carbonyl (C=O) groups excluding carboxylic acids is 1. The van der Waals surface area contributed by atoms with Gasteiger partial charge < -0.3 is 15.1 Å². The van der Waals surface area contributed by atoms with Crippen molar-refractivity contribution in [3.63, 3.8) is 0 Å². The van der Waals surface area contributed by atoms with Gasteiger partial charge in [-0.15, -0.1) is 11.3 Å². The second kappa shape index (κ2) is 8.31. The van der Waals surface area contributed by atoms with Crippen LogP contribution in [0.4, 0.5) is 11.4 Å². The second-order valence-corrected chi connectivity index (χ2v) is 8.29. The smallest absolute Gasteiger partial charge is 0.248 e. The summed E-state index contributed by atoms with van der Waals surface area (Å²) >= 11 is 7.74. The highest BCUT2D eigenvalue weighted by Crippen LogP contribution is 2.30. The Morgan fingerprint density at radius 2 is 1.96 bits per heavy atom. The lowest BCUT2D eigenvalue weighted by atomic mass is 10.2.